The van der Waals surface area contributed by atoms with Gasteiger partial charge in [0.25, 0.3) is 0 Å². The number of hydrogen-bond donors (Lipinski definition) is 2. The highest BCUT2D eigenvalue weighted by Gasteiger charge is 2.16. The highest BCUT2D eigenvalue weighted by Crippen LogP contribution is 2.12. The van der Waals surface area contributed by atoms with E-state index in [9.17, 15) is 4.79 Å². The van der Waals surface area contributed by atoms with Crippen molar-refractivity contribution in [3.05, 3.63) is 29.8 Å². The zero-order chi connectivity index (χ0) is 12.0. The Kier molecular flexibility index (Phi) is 4.79. The highest BCUT2D eigenvalue weighted by molar-refractivity contribution is 5.73. The highest BCUT2D eigenvalue weighted by atomic mass is 16.5. The van der Waals surface area contributed by atoms with Gasteiger partial charge in [-0.25, -0.2) is 0 Å². The Balaban J connectivity index is 2.51. The summed E-state index contributed by atoms with van der Waals surface area (Å²) in [4.78, 5) is 10.8. The van der Waals surface area contributed by atoms with Gasteiger partial charge < -0.3 is 15.2 Å². The third kappa shape index (κ3) is 3.90. The van der Waals surface area contributed by atoms with Gasteiger partial charge in [0, 0.05) is 0 Å². The number of carbonyl (C=O) groups is 1. The monoisotopic (exact) mass is 223 g/mol. The van der Waals surface area contributed by atoms with Crippen LogP contribution < -0.4 is 10.1 Å². The molecule has 0 saturated heterocycles. The molecular weight excluding hydrogens is 206 g/mol. The molecule has 4 heteroatoms. The lowest BCUT2D eigenvalue weighted by Gasteiger charge is -2.14. The number of aliphatic carboxylic acids is 1. The van der Waals surface area contributed by atoms with E-state index in [0.717, 1.165) is 5.56 Å². The molecule has 0 aliphatic carbocycles. The minimum Gasteiger partial charge on any atom is -0.491 e. The van der Waals surface area contributed by atoms with Crippen LogP contribution in [0.5, 0.6) is 5.75 Å². The second-order valence-electron chi connectivity index (χ2n) is 3.58. The van der Waals surface area contributed by atoms with Gasteiger partial charge in [0.2, 0.25) is 0 Å². The fraction of sp³-hybridized carbons (Fsp3) is 0.417. The van der Waals surface area contributed by atoms with Gasteiger partial charge in [-0.1, -0.05) is 19.1 Å². The van der Waals surface area contributed by atoms with Crippen molar-refractivity contribution < 1.29 is 14.6 Å². The largest absolute Gasteiger partial charge is 0.491 e. The van der Waals surface area contributed by atoms with Gasteiger partial charge in [-0.3, -0.25) is 4.79 Å². The molecule has 4 nitrogen and oxygen atoms in total. The van der Waals surface area contributed by atoms with Gasteiger partial charge >= 0.3 is 5.97 Å². The number of hydrogen-bond acceptors (Lipinski definition) is 3. The third-order valence-corrected chi connectivity index (χ3v) is 2.15. The summed E-state index contributed by atoms with van der Waals surface area (Å²) >= 11 is 0. The zero-order valence-corrected chi connectivity index (χ0v) is 9.56. The van der Waals surface area contributed by atoms with E-state index in [1.54, 1.807) is 0 Å². The molecule has 0 aliphatic heterocycles. The molecule has 0 fully saturated rings. The lowest BCUT2D eigenvalue weighted by Crippen LogP contribution is -2.41. The molecule has 88 valence electrons. The molecule has 0 spiro atoms. The molecule has 1 aromatic carbocycles. The van der Waals surface area contributed by atoms with Gasteiger partial charge in [-0.2, -0.15) is 0 Å². The average Bonchev–Trinajstić information content (AvgIpc) is 2.24. The maximum atomic E-state index is 10.8. The van der Waals surface area contributed by atoms with Crippen LogP contribution in [0, 0.1) is 6.92 Å². The zero-order valence-electron chi connectivity index (χ0n) is 9.56. The summed E-state index contributed by atoms with van der Waals surface area (Å²) in [6.45, 7) is 4.56. The molecule has 0 aromatic heterocycles. The first-order valence-corrected chi connectivity index (χ1v) is 5.29. The average molecular weight is 223 g/mol. The summed E-state index contributed by atoms with van der Waals surface area (Å²) in [5.74, 6) is -0.196. The van der Waals surface area contributed by atoms with Crippen molar-refractivity contribution >= 4 is 5.97 Å². The van der Waals surface area contributed by atoms with Gasteiger partial charge in [0.15, 0.2) is 0 Å². The smallest absolute Gasteiger partial charge is 0.324 e. The van der Waals surface area contributed by atoms with Gasteiger partial charge in [0.1, 0.15) is 18.4 Å². The Labute approximate surface area is 95.2 Å². The molecule has 1 unspecified atom stereocenters. The van der Waals surface area contributed by atoms with Crippen LogP contribution in [-0.2, 0) is 4.79 Å². The fourth-order valence-electron chi connectivity index (χ4n) is 1.35. The van der Waals surface area contributed by atoms with Crippen LogP contribution in [0.4, 0.5) is 0 Å². The SMILES string of the molecule is CCNC(COc1cccc(C)c1)C(=O)O. The second-order valence-corrected chi connectivity index (χ2v) is 3.58. The van der Waals surface area contributed by atoms with E-state index in [4.69, 9.17) is 9.84 Å². The van der Waals surface area contributed by atoms with Crippen LogP contribution in [0.3, 0.4) is 0 Å². The van der Waals surface area contributed by atoms with Crippen molar-refractivity contribution in [2.45, 2.75) is 19.9 Å². The van der Waals surface area contributed by atoms with Gasteiger partial charge in [0.05, 0.1) is 0 Å². The molecular formula is C12H17NO3. The first-order chi connectivity index (χ1) is 7.63. The predicted molar refractivity (Wildman–Crippen MR) is 61.8 cm³/mol. The Morgan fingerprint density at radius 1 is 1.56 bits per heavy atom. The summed E-state index contributed by atoms with van der Waals surface area (Å²) in [6, 6.07) is 6.88. The molecule has 1 rings (SSSR count). The molecule has 2 N–H and O–H groups in total. The van der Waals surface area contributed by atoms with E-state index < -0.39 is 12.0 Å². The number of benzene rings is 1. The van der Waals surface area contributed by atoms with Crippen LogP contribution in [0.2, 0.25) is 0 Å². The van der Waals surface area contributed by atoms with Gasteiger partial charge in [-0.15, -0.1) is 0 Å². The van der Waals surface area contributed by atoms with Gasteiger partial charge in [-0.05, 0) is 31.2 Å². The normalized spacial score (nSPS) is 12.1. The topological polar surface area (TPSA) is 58.6 Å². The summed E-state index contributed by atoms with van der Waals surface area (Å²) < 4.78 is 5.42. The first-order valence-electron chi connectivity index (χ1n) is 5.29. The number of ether oxygens (including phenoxy) is 1. The molecule has 0 aliphatic rings. The number of nitrogens with one attached hydrogen (secondary N) is 1. The Morgan fingerprint density at radius 2 is 2.31 bits per heavy atom. The first kappa shape index (κ1) is 12.5. The maximum absolute atomic E-state index is 10.8. The number of likely N-dealkylation sites (N-methyl/N-ethyl adjacent to an activating group) is 1. The summed E-state index contributed by atoms with van der Waals surface area (Å²) in [6.07, 6.45) is 0. The molecule has 16 heavy (non-hydrogen) atoms. The minimum atomic E-state index is -0.894. The van der Waals surface area contributed by atoms with Crippen LogP contribution >= 0.6 is 0 Å². The maximum Gasteiger partial charge on any atom is 0.324 e. The third-order valence-electron chi connectivity index (χ3n) is 2.15. The molecule has 1 atom stereocenters. The van der Waals surface area contributed by atoms with Crippen molar-refractivity contribution in [1.29, 1.82) is 0 Å². The lowest BCUT2D eigenvalue weighted by atomic mass is 10.2. The van der Waals surface area contributed by atoms with Crippen LogP contribution in [0.15, 0.2) is 24.3 Å². The van der Waals surface area contributed by atoms with E-state index in [1.807, 2.05) is 38.1 Å². The second kappa shape index (κ2) is 6.12. The minimum absolute atomic E-state index is 0.132. The van der Waals surface area contributed by atoms with Crippen molar-refractivity contribution in [2.24, 2.45) is 0 Å². The summed E-state index contributed by atoms with van der Waals surface area (Å²) in [5.41, 5.74) is 1.09. The van der Waals surface area contributed by atoms with E-state index in [0.29, 0.717) is 12.3 Å². The van der Waals surface area contributed by atoms with E-state index >= 15 is 0 Å². The van der Waals surface area contributed by atoms with Crippen molar-refractivity contribution in [3.63, 3.8) is 0 Å². The Hall–Kier alpha value is -1.55. The quantitative estimate of drug-likeness (QED) is 0.766. The number of carboxylic acids is 1. The van der Waals surface area contributed by atoms with Crippen LogP contribution in [-0.4, -0.2) is 30.3 Å². The molecule has 0 amide bonds. The Bertz CT molecular complexity index is 352. The standard InChI is InChI=1S/C12H17NO3/c1-3-13-11(12(14)15)8-16-10-6-4-5-9(2)7-10/h4-7,11,13H,3,8H2,1-2H3,(H,14,15). The van der Waals surface area contributed by atoms with E-state index in [-0.39, 0.29) is 6.61 Å². The molecule has 0 radical (unpaired) electrons. The summed E-state index contributed by atoms with van der Waals surface area (Å²) in [7, 11) is 0. The molecule has 0 bridgehead atoms. The summed E-state index contributed by atoms with van der Waals surface area (Å²) in [5, 5.41) is 11.7. The Morgan fingerprint density at radius 3 is 2.88 bits per heavy atom. The van der Waals surface area contributed by atoms with Crippen molar-refractivity contribution in [1.82, 2.24) is 5.32 Å². The van der Waals surface area contributed by atoms with E-state index in [2.05, 4.69) is 5.32 Å². The van der Waals surface area contributed by atoms with Crippen molar-refractivity contribution in [3.8, 4) is 5.75 Å². The molecule has 0 saturated carbocycles. The van der Waals surface area contributed by atoms with E-state index in [1.165, 1.54) is 0 Å². The number of rotatable bonds is 6. The van der Waals surface area contributed by atoms with Crippen LogP contribution in [0.1, 0.15) is 12.5 Å². The van der Waals surface area contributed by atoms with Crippen molar-refractivity contribution in [2.75, 3.05) is 13.2 Å². The van der Waals surface area contributed by atoms with Crippen LogP contribution in [0.25, 0.3) is 0 Å². The lowest BCUT2D eigenvalue weighted by molar-refractivity contribution is -0.140. The number of carboxylic acid groups (broad SMARTS) is 1. The predicted octanol–water partition coefficient (Wildman–Crippen LogP) is 1.44. The molecule has 1 aromatic rings. The number of aryl methyl sites for hydroxylation is 1. The molecule has 0 heterocycles. The fourth-order valence-corrected chi connectivity index (χ4v) is 1.35.